The Labute approximate surface area is 127 Å². The van der Waals surface area contributed by atoms with Crippen molar-refractivity contribution in [2.75, 3.05) is 6.54 Å². The third-order valence-electron chi connectivity index (χ3n) is 3.27. The molecular weight excluding hydrogens is 266 g/mol. The fraction of sp³-hybridized carbons (Fsp3) is 0.625. The second-order valence-electron chi connectivity index (χ2n) is 5.32. The molecule has 0 saturated carbocycles. The number of carbonyl (C=O) groups excluding carboxylic acids is 1. The Morgan fingerprint density at radius 1 is 1.43 bits per heavy atom. The number of aryl methyl sites for hydroxylation is 1. The van der Waals surface area contributed by atoms with Gasteiger partial charge in [-0.2, -0.15) is 0 Å². The van der Waals surface area contributed by atoms with Crippen LogP contribution in [0.25, 0.3) is 0 Å². The maximum absolute atomic E-state index is 11.9. The van der Waals surface area contributed by atoms with Gasteiger partial charge in [0, 0.05) is 24.7 Å². The first-order valence-corrected chi connectivity index (χ1v) is 7.64. The molecule has 0 bridgehead atoms. The lowest BCUT2D eigenvalue weighted by atomic mass is 10.1. The Morgan fingerprint density at radius 2 is 2.14 bits per heavy atom. The molecule has 0 aliphatic rings. The number of ether oxygens (including phenoxy) is 1. The van der Waals surface area contributed by atoms with Crippen molar-refractivity contribution in [2.45, 2.75) is 59.1 Å². The van der Waals surface area contributed by atoms with Gasteiger partial charge in [0.05, 0.1) is 5.69 Å². The number of amides is 1. The van der Waals surface area contributed by atoms with Crippen LogP contribution in [0.2, 0.25) is 0 Å². The lowest BCUT2D eigenvalue weighted by Crippen LogP contribution is -2.37. The summed E-state index contributed by atoms with van der Waals surface area (Å²) in [6.07, 6.45) is 1.89. The van der Waals surface area contributed by atoms with Crippen molar-refractivity contribution in [1.82, 2.24) is 10.3 Å². The van der Waals surface area contributed by atoms with Gasteiger partial charge >= 0.3 is 0 Å². The first kappa shape index (κ1) is 17.4. The number of hydrogen-bond acceptors (Lipinski definition) is 4. The van der Waals surface area contributed by atoms with Crippen LogP contribution in [-0.4, -0.2) is 29.6 Å². The van der Waals surface area contributed by atoms with E-state index in [2.05, 4.69) is 10.3 Å². The van der Waals surface area contributed by atoms with E-state index < -0.39 is 6.10 Å². The number of rotatable bonds is 8. The maximum atomic E-state index is 11.9. The minimum atomic E-state index is -0.544. The smallest absolute Gasteiger partial charge is 0.260 e. The zero-order valence-electron chi connectivity index (χ0n) is 13.5. The highest BCUT2D eigenvalue weighted by Crippen LogP contribution is 2.20. The van der Waals surface area contributed by atoms with Gasteiger partial charge in [-0.25, -0.2) is 0 Å². The molecule has 1 aromatic rings. The zero-order valence-corrected chi connectivity index (χ0v) is 13.5. The van der Waals surface area contributed by atoms with E-state index in [4.69, 9.17) is 10.5 Å². The summed E-state index contributed by atoms with van der Waals surface area (Å²) in [6.45, 7) is 8.39. The number of nitrogens with one attached hydrogen (secondary N) is 1. The SMILES string of the molecule is CCCNC(=O)C(C)Oc1ccc(C)nc1CC(N)CC. The molecule has 0 spiro atoms. The van der Waals surface area contributed by atoms with E-state index in [1.807, 2.05) is 32.9 Å². The monoisotopic (exact) mass is 293 g/mol. The predicted molar refractivity (Wildman–Crippen MR) is 84.3 cm³/mol. The molecule has 1 amide bonds. The van der Waals surface area contributed by atoms with Crippen LogP contribution in [0, 0.1) is 6.92 Å². The predicted octanol–water partition coefficient (Wildman–Crippen LogP) is 1.96. The molecule has 118 valence electrons. The van der Waals surface area contributed by atoms with Crippen molar-refractivity contribution < 1.29 is 9.53 Å². The summed E-state index contributed by atoms with van der Waals surface area (Å²) < 4.78 is 5.77. The van der Waals surface area contributed by atoms with Crippen LogP contribution in [0.15, 0.2) is 12.1 Å². The van der Waals surface area contributed by atoms with E-state index in [0.717, 1.165) is 24.2 Å². The number of carbonyl (C=O) groups is 1. The molecule has 1 aromatic heterocycles. The van der Waals surface area contributed by atoms with E-state index >= 15 is 0 Å². The molecule has 3 N–H and O–H groups in total. The summed E-state index contributed by atoms with van der Waals surface area (Å²) in [5, 5.41) is 2.83. The number of nitrogens with zero attached hydrogens (tertiary/aromatic N) is 1. The Hall–Kier alpha value is -1.62. The minimum Gasteiger partial charge on any atom is -0.479 e. The molecule has 2 unspecified atom stereocenters. The summed E-state index contributed by atoms with van der Waals surface area (Å²) in [6, 6.07) is 3.79. The summed E-state index contributed by atoms with van der Waals surface area (Å²) in [4.78, 5) is 16.4. The van der Waals surface area contributed by atoms with Gasteiger partial charge in [-0.05, 0) is 38.8 Å². The molecule has 0 aromatic carbocycles. The van der Waals surface area contributed by atoms with Gasteiger partial charge in [0.15, 0.2) is 6.10 Å². The van der Waals surface area contributed by atoms with Crippen molar-refractivity contribution in [3.63, 3.8) is 0 Å². The third-order valence-corrected chi connectivity index (χ3v) is 3.27. The van der Waals surface area contributed by atoms with Crippen molar-refractivity contribution in [1.29, 1.82) is 0 Å². The Balaban J connectivity index is 2.79. The van der Waals surface area contributed by atoms with Crippen LogP contribution in [-0.2, 0) is 11.2 Å². The highest BCUT2D eigenvalue weighted by molar-refractivity contribution is 5.80. The van der Waals surface area contributed by atoms with Crippen LogP contribution < -0.4 is 15.8 Å². The van der Waals surface area contributed by atoms with E-state index in [0.29, 0.717) is 18.7 Å². The number of aromatic nitrogens is 1. The average molecular weight is 293 g/mol. The van der Waals surface area contributed by atoms with Crippen molar-refractivity contribution >= 4 is 5.91 Å². The standard InChI is InChI=1S/C16H27N3O2/c1-5-9-18-16(20)12(4)21-15-8-7-11(3)19-14(15)10-13(17)6-2/h7-8,12-13H,5-6,9-10,17H2,1-4H3,(H,18,20). The molecular formula is C16H27N3O2. The fourth-order valence-corrected chi connectivity index (χ4v) is 1.88. The molecule has 0 saturated heterocycles. The van der Waals surface area contributed by atoms with Crippen LogP contribution in [0.3, 0.4) is 0 Å². The van der Waals surface area contributed by atoms with Crippen molar-refractivity contribution in [3.05, 3.63) is 23.5 Å². The highest BCUT2D eigenvalue weighted by atomic mass is 16.5. The van der Waals surface area contributed by atoms with E-state index in [-0.39, 0.29) is 11.9 Å². The summed E-state index contributed by atoms with van der Waals surface area (Å²) >= 11 is 0. The molecule has 0 radical (unpaired) electrons. The molecule has 0 fully saturated rings. The number of hydrogen-bond donors (Lipinski definition) is 2. The van der Waals surface area contributed by atoms with Crippen LogP contribution in [0.1, 0.15) is 45.0 Å². The second kappa shape index (κ2) is 8.62. The minimum absolute atomic E-state index is 0.0471. The molecule has 0 aliphatic heterocycles. The Kier molecular flexibility index (Phi) is 7.15. The Bertz CT molecular complexity index is 463. The summed E-state index contributed by atoms with van der Waals surface area (Å²) in [5.41, 5.74) is 7.74. The maximum Gasteiger partial charge on any atom is 0.260 e. The van der Waals surface area contributed by atoms with E-state index in [9.17, 15) is 4.79 Å². The summed E-state index contributed by atoms with van der Waals surface area (Å²) in [7, 11) is 0. The van der Waals surface area contributed by atoms with Gasteiger partial charge in [-0.1, -0.05) is 13.8 Å². The molecule has 21 heavy (non-hydrogen) atoms. The highest BCUT2D eigenvalue weighted by Gasteiger charge is 2.17. The molecule has 0 aliphatic carbocycles. The van der Waals surface area contributed by atoms with Gasteiger partial charge in [-0.3, -0.25) is 9.78 Å². The topological polar surface area (TPSA) is 77.2 Å². The number of pyridine rings is 1. The van der Waals surface area contributed by atoms with Gasteiger partial charge in [0.2, 0.25) is 0 Å². The lowest BCUT2D eigenvalue weighted by Gasteiger charge is -2.18. The van der Waals surface area contributed by atoms with Gasteiger partial charge in [0.1, 0.15) is 5.75 Å². The second-order valence-corrected chi connectivity index (χ2v) is 5.32. The first-order valence-electron chi connectivity index (χ1n) is 7.64. The van der Waals surface area contributed by atoms with Crippen LogP contribution >= 0.6 is 0 Å². The van der Waals surface area contributed by atoms with Gasteiger partial charge < -0.3 is 15.8 Å². The molecule has 2 atom stereocenters. The lowest BCUT2D eigenvalue weighted by molar-refractivity contribution is -0.127. The molecule has 5 heteroatoms. The molecule has 1 rings (SSSR count). The largest absolute Gasteiger partial charge is 0.479 e. The zero-order chi connectivity index (χ0) is 15.8. The van der Waals surface area contributed by atoms with E-state index in [1.165, 1.54) is 0 Å². The van der Waals surface area contributed by atoms with E-state index in [1.54, 1.807) is 6.92 Å². The normalized spacial score (nSPS) is 13.6. The quantitative estimate of drug-likeness (QED) is 0.768. The van der Waals surface area contributed by atoms with Crippen molar-refractivity contribution in [3.8, 4) is 5.75 Å². The Morgan fingerprint density at radius 3 is 2.76 bits per heavy atom. The molecule has 5 nitrogen and oxygen atoms in total. The molecule has 1 heterocycles. The fourth-order valence-electron chi connectivity index (χ4n) is 1.88. The van der Waals surface area contributed by atoms with Gasteiger partial charge in [-0.15, -0.1) is 0 Å². The van der Waals surface area contributed by atoms with Crippen LogP contribution in [0.5, 0.6) is 5.75 Å². The summed E-state index contributed by atoms with van der Waals surface area (Å²) in [5.74, 6) is 0.534. The third kappa shape index (κ3) is 5.71. The van der Waals surface area contributed by atoms with Gasteiger partial charge in [0.25, 0.3) is 5.91 Å². The first-order chi connectivity index (χ1) is 9.97. The van der Waals surface area contributed by atoms with Crippen molar-refractivity contribution in [2.24, 2.45) is 5.73 Å². The number of nitrogens with two attached hydrogens (primary N) is 1. The average Bonchev–Trinajstić information content (AvgIpc) is 2.47. The van der Waals surface area contributed by atoms with Crippen LogP contribution in [0.4, 0.5) is 0 Å².